The Morgan fingerprint density at radius 1 is 1.29 bits per heavy atom. The Balaban J connectivity index is 1.84. The van der Waals surface area contributed by atoms with Gasteiger partial charge in [0.15, 0.2) is 5.58 Å². The number of nitrogens with two attached hydrogens (primary N) is 1. The lowest BCUT2D eigenvalue weighted by Gasteiger charge is -2.14. The van der Waals surface area contributed by atoms with Crippen molar-refractivity contribution in [3.05, 3.63) is 64.8 Å². The molecule has 0 saturated heterocycles. The minimum atomic E-state index is -1.01. The lowest BCUT2D eigenvalue weighted by molar-refractivity contribution is -0.121. The number of aryl methyl sites for hydroxylation is 1. The number of halogens is 1. The molecule has 0 fully saturated rings. The number of carbonyl (C=O) groups is 1. The van der Waals surface area contributed by atoms with Crippen LogP contribution in [0.15, 0.2) is 58.0 Å². The van der Waals surface area contributed by atoms with E-state index in [9.17, 15) is 4.79 Å². The predicted octanol–water partition coefficient (Wildman–Crippen LogP) is 4.92. The average Bonchev–Trinajstić information content (AvgIpc) is 3.07. The van der Waals surface area contributed by atoms with Crippen LogP contribution in [0.2, 0.25) is 5.02 Å². The summed E-state index contributed by atoms with van der Waals surface area (Å²) in [6, 6.07) is 15.7. The van der Waals surface area contributed by atoms with Crippen molar-refractivity contribution in [3.63, 3.8) is 0 Å². The molecule has 3 rings (SSSR count). The van der Waals surface area contributed by atoms with Gasteiger partial charge in [-0.3, -0.25) is 4.79 Å². The fourth-order valence-electron chi connectivity index (χ4n) is 2.97. The van der Waals surface area contributed by atoms with E-state index in [0.717, 1.165) is 30.3 Å². The zero-order chi connectivity index (χ0) is 20.1. The minimum Gasteiger partial charge on any atom is -0.356 e. The lowest BCUT2D eigenvalue weighted by atomic mass is 9.95. The van der Waals surface area contributed by atoms with E-state index < -0.39 is 5.54 Å². The van der Waals surface area contributed by atoms with Crippen molar-refractivity contribution >= 4 is 34.7 Å². The SMILES string of the molecule is CC(C)(N)C(=O)N=CC(CCCc1ccccc1)c1noc2ccc(Cl)cc12. The van der Waals surface area contributed by atoms with E-state index in [4.69, 9.17) is 21.9 Å². The van der Waals surface area contributed by atoms with Crippen molar-refractivity contribution < 1.29 is 9.32 Å². The molecule has 3 aromatic rings. The van der Waals surface area contributed by atoms with Crippen LogP contribution in [0.4, 0.5) is 0 Å². The van der Waals surface area contributed by atoms with Crippen molar-refractivity contribution in [1.29, 1.82) is 0 Å². The van der Waals surface area contributed by atoms with Gasteiger partial charge in [0, 0.05) is 22.5 Å². The first-order chi connectivity index (χ1) is 13.3. The topological polar surface area (TPSA) is 81.5 Å². The summed E-state index contributed by atoms with van der Waals surface area (Å²) < 4.78 is 5.44. The second-order valence-corrected chi connectivity index (χ2v) is 7.93. The van der Waals surface area contributed by atoms with Gasteiger partial charge >= 0.3 is 0 Å². The number of hydrogen-bond acceptors (Lipinski definition) is 4. The highest BCUT2D eigenvalue weighted by Gasteiger charge is 2.23. The normalized spacial score (nSPS) is 13.3. The van der Waals surface area contributed by atoms with Crippen LogP contribution < -0.4 is 5.73 Å². The van der Waals surface area contributed by atoms with Crippen LogP contribution in [-0.4, -0.2) is 22.8 Å². The molecular weight excluding hydrogens is 374 g/mol. The molecule has 1 unspecified atom stereocenters. The van der Waals surface area contributed by atoms with Gasteiger partial charge in [0.1, 0.15) is 0 Å². The van der Waals surface area contributed by atoms with Crippen molar-refractivity contribution in [2.75, 3.05) is 0 Å². The average molecular weight is 398 g/mol. The Morgan fingerprint density at radius 3 is 2.75 bits per heavy atom. The van der Waals surface area contributed by atoms with E-state index in [1.807, 2.05) is 24.3 Å². The van der Waals surface area contributed by atoms with E-state index in [2.05, 4.69) is 22.3 Å². The molecule has 2 N–H and O–H groups in total. The molecule has 0 bridgehead atoms. The van der Waals surface area contributed by atoms with E-state index >= 15 is 0 Å². The van der Waals surface area contributed by atoms with Crippen molar-refractivity contribution in [2.24, 2.45) is 10.7 Å². The van der Waals surface area contributed by atoms with E-state index in [1.54, 1.807) is 32.2 Å². The van der Waals surface area contributed by atoms with Crippen LogP contribution in [0.5, 0.6) is 0 Å². The third kappa shape index (κ3) is 5.06. The van der Waals surface area contributed by atoms with Gasteiger partial charge in [-0.05, 0) is 56.9 Å². The largest absolute Gasteiger partial charge is 0.356 e. The fraction of sp³-hybridized carbons (Fsp3) is 0.318. The van der Waals surface area contributed by atoms with E-state index in [-0.39, 0.29) is 11.8 Å². The molecule has 2 aromatic carbocycles. The molecule has 6 heteroatoms. The number of aromatic nitrogens is 1. The number of benzene rings is 2. The Hall–Kier alpha value is -2.50. The fourth-order valence-corrected chi connectivity index (χ4v) is 3.15. The van der Waals surface area contributed by atoms with Gasteiger partial charge < -0.3 is 10.3 Å². The number of hydrogen-bond donors (Lipinski definition) is 1. The molecule has 1 atom stereocenters. The summed E-state index contributed by atoms with van der Waals surface area (Å²) in [5, 5.41) is 5.68. The van der Waals surface area contributed by atoms with Gasteiger partial charge in [0.2, 0.25) is 0 Å². The first kappa shape index (κ1) is 20.2. The van der Waals surface area contributed by atoms with Gasteiger partial charge in [-0.2, -0.15) is 0 Å². The maximum Gasteiger partial charge on any atom is 0.264 e. The molecule has 28 heavy (non-hydrogen) atoms. The zero-order valence-corrected chi connectivity index (χ0v) is 16.8. The maximum atomic E-state index is 12.2. The van der Waals surface area contributed by atoms with Gasteiger partial charge in [0.05, 0.1) is 11.2 Å². The highest BCUT2D eigenvalue weighted by molar-refractivity contribution is 6.31. The maximum absolute atomic E-state index is 12.2. The van der Waals surface area contributed by atoms with Crippen LogP contribution in [0.25, 0.3) is 11.0 Å². The number of aliphatic imine (C=N–C) groups is 1. The lowest BCUT2D eigenvalue weighted by Crippen LogP contribution is -2.40. The Labute approximate surface area is 169 Å². The monoisotopic (exact) mass is 397 g/mol. The molecule has 1 aromatic heterocycles. The van der Waals surface area contributed by atoms with Crippen LogP contribution in [-0.2, 0) is 11.2 Å². The Morgan fingerprint density at radius 2 is 2.04 bits per heavy atom. The van der Waals surface area contributed by atoms with E-state index in [1.165, 1.54) is 5.56 Å². The van der Waals surface area contributed by atoms with Crippen molar-refractivity contribution in [2.45, 2.75) is 44.6 Å². The molecule has 0 radical (unpaired) electrons. The number of rotatable bonds is 7. The summed E-state index contributed by atoms with van der Waals surface area (Å²) in [7, 11) is 0. The third-order valence-corrected chi connectivity index (χ3v) is 4.79. The van der Waals surface area contributed by atoms with E-state index in [0.29, 0.717) is 10.6 Å². The predicted molar refractivity (Wildman–Crippen MR) is 113 cm³/mol. The zero-order valence-electron chi connectivity index (χ0n) is 16.1. The van der Waals surface area contributed by atoms with Crippen LogP contribution in [0.1, 0.15) is 43.9 Å². The summed E-state index contributed by atoms with van der Waals surface area (Å²) in [6.45, 7) is 3.28. The third-order valence-electron chi connectivity index (χ3n) is 4.56. The van der Waals surface area contributed by atoms with Crippen LogP contribution in [0, 0.1) is 0 Å². The number of carbonyl (C=O) groups excluding carboxylic acids is 1. The minimum absolute atomic E-state index is 0.172. The summed E-state index contributed by atoms with van der Waals surface area (Å²) in [5.41, 5.74) is 7.50. The highest BCUT2D eigenvalue weighted by Crippen LogP contribution is 2.30. The number of amides is 1. The molecule has 5 nitrogen and oxygen atoms in total. The molecule has 1 heterocycles. The molecule has 1 amide bonds. The first-order valence-corrected chi connectivity index (χ1v) is 9.68. The summed E-state index contributed by atoms with van der Waals surface area (Å²) in [4.78, 5) is 16.3. The molecule has 0 saturated carbocycles. The molecule has 0 aliphatic carbocycles. The summed E-state index contributed by atoms with van der Waals surface area (Å²) in [6.07, 6.45) is 4.25. The Kier molecular flexibility index (Phi) is 6.27. The quantitative estimate of drug-likeness (QED) is 0.573. The summed E-state index contributed by atoms with van der Waals surface area (Å²) >= 11 is 6.15. The van der Waals surface area contributed by atoms with Gasteiger partial charge in [-0.25, -0.2) is 4.99 Å². The van der Waals surface area contributed by atoms with Crippen molar-refractivity contribution in [3.8, 4) is 0 Å². The van der Waals surface area contributed by atoms with Crippen LogP contribution >= 0.6 is 11.6 Å². The second-order valence-electron chi connectivity index (χ2n) is 7.50. The van der Waals surface area contributed by atoms with Crippen LogP contribution in [0.3, 0.4) is 0 Å². The summed E-state index contributed by atoms with van der Waals surface area (Å²) in [5.74, 6) is -0.541. The molecule has 146 valence electrons. The smallest absolute Gasteiger partial charge is 0.264 e. The first-order valence-electron chi connectivity index (χ1n) is 9.31. The second kappa shape index (κ2) is 8.67. The molecular formula is C22H24ClN3O2. The number of nitrogens with zero attached hydrogens (tertiary/aromatic N) is 2. The highest BCUT2D eigenvalue weighted by atomic mass is 35.5. The molecule has 0 aliphatic rings. The van der Waals surface area contributed by atoms with Crippen molar-refractivity contribution in [1.82, 2.24) is 5.16 Å². The van der Waals surface area contributed by atoms with Gasteiger partial charge in [0.25, 0.3) is 5.91 Å². The number of fused-ring (bicyclic) bond motifs is 1. The van der Waals surface area contributed by atoms with Gasteiger partial charge in [-0.1, -0.05) is 47.1 Å². The molecule has 0 spiro atoms. The standard InChI is InChI=1S/C22H24ClN3O2/c1-22(2,24)21(27)25-14-16(10-6-9-15-7-4-3-5-8-15)20-18-13-17(23)11-12-19(18)28-26-20/h3-5,7-8,11-14,16H,6,9-10,24H2,1-2H3. The Bertz CT molecular complexity index is 974. The van der Waals surface area contributed by atoms with Gasteiger partial charge in [-0.15, -0.1) is 0 Å². The molecule has 0 aliphatic heterocycles.